The summed E-state index contributed by atoms with van der Waals surface area (Å²) < 4.78 is 14.9. The lowest BCUT2D eigenvalue weighted by Gasteiger charge is -2.18. The third-order valence-corrected chi connectivity index (χ3v) is 1.88. The van der Waals surface area contributed by atoms with Crippen LogP contribution in [-0.2, 0) is 19.0 Å². The van der Waals surface area contributed by atoms with Crippen molar-refractivity contribution < 1.29 is 24.1 Å². The number of ether oxygens (including phenoxy) is 3. The van der Waals surface area contributed by atoms with E-state index in [-0.39, 0.29) is 0 Å². The fourth-order valence-corrected chi connectivity index (χ4v) is 1.43. The van der Waals surface area contributed by atoms with Gasteiger partial charge in [0.25, 0.3) is 0 Å². The van der Waals surface area contributed by atoms with Crippen LogP contribution in [0.2, 0.25) is 0 Å². The average Bonchev–Trinajstić information content (AvgIpc) is 2.34. The molecule has 2 aliphatic rings. The highest BCUT2D eigenvalue weighted by Crippen LogP contribution is 2.34. The average molecular weight is 174 g/mol. The Morgan fingerprint density at radius 1 is 1.42 bits per heavy atom. The summed E-state index contributed by atoms with van der Waals surface area (Å²) in [6, 6.07) is 0. The molecule has 12 heavy (non-hydrogen) atoms. The normalized spacial score (nSPS) is 44.2. The maximum atomic E-state index is 11.0. The molecular weight excluding hydrogens is 164 g/mol. The number of carbonyl (C=O) groups is 1. The van der Waals surface area contributed by atoms with Crippen LogP contribution in [-0.4, -0.2) is 35.4 Å². The second kappa shape index (κ2) is 2.18. The summed E-state index contributed by atoms with van der Waals surface area (Å²) in [6.07, 6.45) is -2.63. The summed E-state index contributed by atoms with van der Waals surface area (Å²) in [5, 5.41) is 9.15. The van der Waals surface area contributed by atoms with Gasteiger partial charge in [0.1, 0.15) is 0 Å². The number of cyclic esters (lactones) is 1. The number of hydrogen-bond donors (Lipinski definition) is 1. The van der Waals surface area contributed by atoms with Gasteiger partial charge in [-0.1, -0.05) is 0 Å². The smallest absolute Gasteiger partial charge is 0.340 e. The molecule has 2 aliphatic heterocycles. The SMILES string of the molecule is CC1(C)O[C@@H]2C(O)OC(=O)[C@@H]2O1. The van der Waals surface area contributed by atoms with Crippen molar-refractivity contribution in [2.75, 3.05) is 0 Å². The summed E-state index contributed by atoms with van der Waals surface area (Å²) in [5.74, 6) is -1.37. The molecule has 1 unspecified atom stereocenters. The lowest BCUT2D eigenvalue weighted by Crippen LogP contribution is -2.29. The molecule has 0 aromatic rings. The molecule has 2 rings (SSSR count). The zero-order chi connectivity index (χ0) is 8.93. The molecule has 5 heteroatoms. The summed E-state index contributed by atoms with van der Waals surface area (Å²) in [6.45, 7) is 3.37. The molecule has 0 radical (unpaired) electrons. The van der Waals surface area contributed by atoms with E-state index < -0.39 is 30.3 Å². The molecule has 1 N–H and O–H groups in total. The van der Waals surface area contributed by atoms with Crippen LogP contribution in [0.4, 0.5) is 0 Å². The van der Waals surface area contributed by atoms with E-state index in [0.717, 1.165) is 0 Å². The van der Waals surface area contributed by atoms with Crippen molar-refractivity contribution in [2.24, 2.45) is 0 Å². The molecule has 0 aliphatic carbocycles. The minimum absolute atomic E-state index is 0.557. The number of hydrogen-bond acceptors (Lipinski definition) is 5. The Morgan fingerprint density at radius 2 is 2.08 bits per heavy atom. The second-order valence-electron chi connectivity index (χ2n) is 3.35. The number of esters is 1. The number of aliphatic hydroxyl groups is 1. The zero-order valence-corrected chi connectivity index (χ0v) is 6.81. The standard InChI is InChI=1S/C7H10O5/c1-7(2)11-3-4(12-7)6(9)10-5(3)8/h3-5,8H,1-2H3/t3-,4+,5?/m0/s1. The fourth-order valence-electron chi connectivity index (χ4n) is 1.43. The van der Waals surface area contributed by atoms with E-state index in [1.165, 1.54) is 0 Å². The molecule has 0 aromatic carbocycles. The highest BCUT2D eigenvalue weighted by molar-refractivity contribution is 5.78. The van der Waals surface area contributed by atoms with Gasteiger partial charge < -0.3 is 19.3 Å². The van der Waals surface area contributed by atoms with Crippen molar-refractivity contribution in [3.05, 3.63) is 0 Å². The third-order valence-electron chi connectivity index (χ3n) is 1.88. The second-order valence-corrected chi connectivity index (χ2v) is 3.35. The van der Waals surface area contributed by atoms with Gasteiger partial charge in [-0.25, -0.2) is 4.79 Å². The lowest BCUT2D eigenvalue weighted by molar-refractivity contribution is -0.209. The minimum atomic E-state index is -1.19. The van der Waals surface area contributed by atoms with Crippen molar-refractivity contribution in [1.29, 1.82) is 0 Å². The Hall–Kier alpha value is -0.650. The van der Waals surface area contributed by atoms with E-state index in [2.05, 4.69) is 4.74 Å². The topological polar surface area (TPSA) is 65.0 Å². The van der Waals surface area contributed by atoms with Crippen molar-refractivity contribution in [1.82, 2.24) is 0 Å². The molecule has 0 saturated carbocycles. The van der Waals surface area contributed by atoms with Gasteiger partial charge in [0.05, 0.1) is 0 Å². The fraction of sp³-hybridized carbons (Fsp3) is 0.857. The quantitative estimate of drug-likeness (QED) is 0.496. The van der Waals surface area contributed by atoms with Gasteiger partial charge in [0.2, 0.25) is 6.29 Å². The van der Waals surface area contributed by atoms with Crippen LogP contribution < -0.4 is 0 Å². The number of carbonyl (C=O) groups excluding carboxylic acids is 1. The largest absolute Gasteiger partial charge is 0.431 e. The predicted octanol–water partition coefficient (Wildman–Crippen LogP) is -0.618. The minimum Gasteiger partial charge on any atom is -0.431 e. The third kappa shape index (κ3) is 1.01. The van der Waals surface area contributed by atoms with Crippen LogP contribution in [0.1, 0.15) is 13.8 Å². The molecule has 0 bridgehead atoms. The first-order chi connectivity index (χ1) is 5.49. The summed E-state index contributed by atoms with van der Waals surface area (Å²) >= 11 is 0. The van der Waals surface area contributed by atoms with E-state index >= 15 is 0 Å². The van der Waals surface area contributed by atoms with Crippen molar-refractivity contribution in [3.8, 4) is 0 Å². The molecule has 2 heterocycles. The summed E-state index contributed by atoms with van der Waals surface area (Å²) in [7, 11) is 0. The van der Waals surface area contributed by atoms with Crippen LogP contribution in [0.25, 0.3) is 0 Å². The van der Waals surface area contributed by atoms with Gasteiger partial charge in [-0.05, 0) is 13.8 Å². The summed E-state index contributed by atoms with van der Waals surface area (Å²) in [5.41, 5.74) is 0. The van der Waals surface area contributed by atoms with E-state index in [1.807, 2.05) is 0 Å². The highest BCUT2D eigenvalue weighted by Gasteiger charge is 2.55. The van der Waals surface area contributed by atoms with E-state index in [4.69, 9.17) is 14.6 Å². The van der Waals surface area contributed by atoms with E-state index in [9.17, 15) is 4.79 Å². The van der Waals surface area contributed by atoms with Crippen LogP contribution in [0.3, 0.4) is 0 Å². The first-order valence-corrected chi connectivity index (χ1v) is 3.74. The number of rotatable bonds is 0. The molecule has 68 valence electrons. The van der Waals surface area contributed by atoms with Gasteiger partial charge in [-0.15, -0.1) is 0 Å². The van der Waals surface area contributed by atoms with Crippen molar-refractivity contribution in [3.63, 3.8) is 0 Å². The Labute approximate surface area is 69.2 Å². The molecule has 3 atom stereocenters. The van der Waals surface area contributed by atoms with Crippen molar-refractivity contribution >= 4 is 5.97 Å². The first kappa shape index (κ1) is 7.97. The molecule has 0 amide bonds. The maximum absolute atomic E-state index is 11.0. The molecule has 0 aromatic heterocycles. The van der Waals surface area contributed by atoms with Crippen LogP contribution in [0.5, 0.6) is 0 Å². The van der Waals surface area contributed by atoms with Gasteiger partial charge >= 0.3 is 5.97 Å². The molecule has 2 saturated heterocycles. The van der Waals surface area contributed by atoms with Gasteiger partial charge in [0, 0.05) is 0 Å². The molecule has 0 spiro atoms. The van der Waals surface area contributed by atoms with Gasteiger partial charge in [-0.2, -0.15) is 0 Å². The lowest BCUT2D eigenvalue weighted by atomic mass is 10.2. The number of aliphatic hydroxyl groups excluding tert-OH is 1. The van der Waals surface area contributed by atoms with Crippen LogP contribution in [0, 0.1) is 0 Å². The van der Waals surface area contributed by atoms with Gasteiger partial charge in [-0.3, -0.25) is 0 Å². The highest BCUT2D eigenvalue weighted by atomic mass is 16.8. The van der Waals surface area contributed by atoms with Crippen molar-refractivity contribution in [2.45, 2.75) is 38.1 Å². The first-order valence-electron chi connectivity index (χ1n) is 3.74. The molecular formula is C7H10O5. The monoisotopic (exact) mass is 174 g/mol. The van der Waals surface area contributed by atoms with E-state index in [1.54, 1.807) is 13.8 Å². The Morgan fingerprint density at radius 3 is 2.67 bits per heavy atom. The Kier molecular flexibility index (Phi) is 1.45. The summed E-state index contributed by atoms with van der Waals surface area (Å²) in [4.78, 5) is 11.0. The Balaban J connectivity index is 2.20. The van der Waals surface area contributed by atoms with Crippen LogP contribution >= 0.6 is 0 Å². The number of fused-ring (bicyclic) bond motifs is 1. The molecule has 5 nitrogen and oxygen atoms in total. The maximum Gasteiger partial charge on any atom is 0.340 e. The Bertz CT molecular complexity index is 224. The van der Waals surface area contributed by atoms with E-state index in [0.29, 0.717) is 0 Å². The molecule has 2 fully saturated rings. The zero-order valence-electron chi connectivity index (χ0n) is 6.81. The van der Waals surface area contributed by atoms with Gasteiger partial charge in [0.15, 0.2) is 18.0 Å². The van der Waals surface area contributed by atoms with Crippen LogP contribution in [0.15, 0.2) is 0 Å². The predicted molar refractivity (Wildman–Crippen MR) is 35.9 cm³/mol.